The molecular formula is C33H33FN6O2. The molecule has 1 atom stereocenters. The summed E-state index contributed by atoms with van der Waals surface area (Å²) in [5.74, 6) is -0.312. The molecule has 6 rings (SSSR count). The molecule has 1 fully saturated rings. The molecule has 214 valence electrons. The van der Waals surface area contributed by atoms with Crippen molar-refractivity contribution >= 4 is 22.8 Å². The van der Waals surface area contributed by atoms with Gasteiger partial charge in [0, 0.05) is 53.2 Å². The third-order valence-electron chi connectivity index (χ3n) is 7.88. The number of aromatic amines is 1. The van der Waals surface area contributed by atoms with Crippen molar-refractivity contribution < 1.29 is 14.3 Å². The normalized spacial score (nSPS) is 14.7. The maximum atomic E-state index is 14.3. The molecule has 0 saturated carbocycles. The molecule has 42 heavy (non-hydrogen) atoms. The van der Waals surface area contributed by atoms with E-state index in [2.05, 4.69) is 20.2 Å². The van der Waals surface area contributed by atoms with E-state index in [1.165, 1.54) is 18.2 Å². The largest absolute Gasteiger partial charge is 0.508 e. The number of aromatic nitrogens is 3. The van der Waals surface area contributed by atoms with Crippen molar-refractivity contribution in [1.82, 2.24) is 20.3 Å². The first-order valence-corrected chi connectivity index (χ1v) is 14.1. The third-order valence-corrected chi connectivity index (χ3v) is 7.88. The molecule has 1 amide bonds. The summed E-state index contributed by atoms with van der Waals surface area (Å²) in [5, 5.41) is 14.6. The van der Waals surface area contributed by atoms with E-state index in [0.29, 0.717) is 17.2 Å². The van der Waals surface area contributed by atoms with Crippen LogP contribution < -0.4 is 16.0 Å². The van der Waals surface area contributed by atoms with Crippen LogP contribution in [0.15, 0.2) is 72.9 Å². The lowest BCUT2D eigenvalue weighted by molar-refractivity contribution is 0.0942. The number of phenols is 1. The van der Waals surface area contributed by atoms with Gasteiger partial charge in [0.2, 0.25) is 5.95 Å². The van der Waals surface area contributed by atoms with Gasteiger partial charge in [-0.05, 0) is 85.7 Å². The summed E-state index contributed by atoms with van der Waals surface area (Å²) in [5.41, 5.74) is 11.6. The molecule has 1 saturated heterocycles. The molecular weight excluding hydrogens is 531 g/mol. The Morgan fingerprint density at radius 3 is 2.64 bits per heavy atom. The molecule has 3 aromatic carbocycles. The Morgan fingerprint density at radius 1 is 1.10 bits per heavy atom. The Morgan fingerprint density at radius 2 is 1.88 bits per heavy atom. The number of piperidine rings is 1. The fourth-order valence-electron chi connectivity index (χ4n) is 5.61. The molecule has 1 aliphatic heterocycles. The molecule has 0 aliphatic carbocycles. The summed E-state index contributed by atoms with van der Waals surface area (Å²) < 4.78 is 14.3. The average molecular weight is 565 g/mol. The number of anilines is 1. The molecule has 3 heterocycles. The van der Waals surface area contributed by atoms with Crippen LogP contribution in [0.25, 0.3) is 22.0 Å². The van der Waals surface area contributed by atoms with Crippen LogP contribution in [0.1, 0.15) is 51.8 Å². The predicted octanol–water partition coefficient (Wildman–Crippen LogP) is 5.53. The summed E-state index contributed by atoms with van der Waals surface area (Å²) in [7, 11) is 0. The second kappa shape index (κ2) is 11.3. The van der Waals surface area contributed by atoms with Gasteiger partial charge in [0.25, 0.3) is 5.91 Å². The Bertz CT molecular complexity index is 1740. The number of carbonyl (C=O) groups excluding carboxylic acids is 1. The van der Waals surface area contributed by atoms with Crippen LogP contribution in [-0.2, 0) is 0 Å². The van der Waals surface area contributed by atoms with Gasteiger partial charge in [-0.2, -0.15) is 0 Å². The minimum Gasteiger partial charge on any atom is -0.508 e. The number of nitrogens with one attached hydrogen (secondary N) is 2. The van der Waals surface area contributed by atoms with Crippen molar-refractivity contribution in [1.29, 1.82) is 0 Å². The number of phenolic OH excluding ortho intramolecular Hbond substituents is 1. The highest BCUT2D eigenvalue weighted by molar-refractivity contribution is 5.96. The molecule has 5 N–H and O–H groups in total. The fourth-order valence-corrected chi connectivity index (χ4v) is 5.61. The van der Waals surface area contributed by atoms with Gasteiger partial charge in [0.05, 0.1) is 11.7 Å². The molecule has 0 bridgehead atoms. The van der Waals surface area contributed by atoms with Crippen LogP contribution in [0.5, 0.6) is 5.75 Å². The van der Waals surface area contributed by atoms with Crippen LogP contribution in [0.3, 0.4) is 0 Å². The molecule has 8 nitrogen and oxygen atoms in total. The Labute approximate surface area is 243 Å². The van der Waals surface area contributed by atoms with Crippen molar-refractivity contribution in [3.63, 3.8) is 0 Å². The highest BCUT2D eigenvalue weighted by atomic mass is 19.1. The molecule has 2 aromatic heterocycles. The van der Waals surface area contributed by atoms with Crippen molar-refractivity contribution in [2.75, 3.05) is 18.0 Å². The summed E-state index contributed by atoms with van der Waals surface area (Å²) in [6, 6.07) is 18.3. The molecule has 1 unspecified atom stereocenters. The maximum absolute atomic E-state index is 14.3. The predicted molar refractivity (Wildman–Crippen MR) is 162 cm³/mol. The highest BCUT2D eigenvalue weighted by Gasteiger charge is 2.24. The first-order chi connectivity index (χ1) is 20.2. The number of H-pyrrole nitrogens is 1. The average Bonchev–Trinajstić information content (AvgIpc) is 3.41. The first kappa shape index (κ1) is 27.4. The first-order valence-electron chi connectivity index (χ1n) is 14.1. The van der Waals surface area contributed by atoms with Gasteiger partial charge >= 0.3 is 0 Å². The van der Waals surface area contributed by atoms with Crippen LogP contribution >= 0.6 is 0 Å². The van der Waals surface area contributed by atoms with Crippen molar-refractivity contribution in [2.45, 2.75) is 38.8 Å². The molecule has 1 aliphatic rings. The third kappa shape index (κ3) is 5.56. The van der Waals surface area contributed by atoms with Crippen LogP contribution in [0.4, 0.5) is 10.3 Å². The zero-order valence-corrected chi connectivity index (χ0v) is 23.6. The highest BCUT2D eigenvalue weighted by Crippen LogP contribution is 2.32. The quantitative estimate of drug-likeness (QED) is 0.215. The second-order valence-electron chi connectivity index (χ2n) is 11.0. The topological polar surface area (TPSA) is 120 Å². The maximum Gasteiger partial charge on any atom is 0.252 e. The number of rotatable bonds is 6. The summed E-state index contributed by atoms with van der Waals surface area (Å²) in [4.78, 5) is 28.7. The number of nitrogens with two attached hydrogens (primary N) is 1. The number of nitrogens with zero attached hydrogens (tertiary/aromatic N) is 3. The van der Waals surface area contributed by atoms with Gasteiger partial charge in [0.1, 0.15) is 11.6 Å². The van der Waals surface area contributed by atoms with Gasteiger partial charge in [-0.15, -0.1) is 0 Å². The monoisotopic (exact) mass is 564 g/mol. The van der Waals surface area contributed by atoms with E-state index < -0.39 is 11.9 Å². The number of aromatic hydroxyl groups is 1. The minimum atomic E-state index is -0.827. The van der Waals surface area contributed by atoms with E-state index in [1.807, 2.05) is 50.2 Å². The van der Waals surface area contributed by atoms with Gasteiger partial charge in [-0.1, -0.05) is 24.3 Å². The van der Waals surface area contributed by atoms with Gasteiger partial charge in [-0.25, -0.2) is 14.4 Å². The Balaban J connectivity index is 1.32. The van der Waals surface area contributed by atoms with Crippen LogP contribution in [0.2, 0.25) is 0 Å². The molecule has 0 spiro atoms. The fraction of sp³-hybridized carbons (Fsp3) is 0.242. The van der Waals surface area contributed by atoms with E-state index in [0.717, 1.165) is 59.2 Å². The van der Waals surface area contributed by atoms with E-state index in [4.69, 9.17) is 10.7 Å². The number of aryl methyl sites for hydroxylation is 2. The lowest BCUT2D eigenvalue weighted by Crippen LogP contribution is -2.40. The standard InChI is InChI=1S/C33H33FN6O2/c1-19-13-22(27-18-36-33(37-20(27)2)40-11-9-25(35)10-12-40)15-23(14-19)32(42)39-31(26-17-24(34)7-8-30(26)41)29-16-21-5-3-4-6-28(21)38-29/h3-8,13-18,25,31,38,41H,9-12,35H2,1-2H3,(H,39,42). The SMILES string of the molecule is Cc1cc(C(=O)NC(c2cc3ccccc3[nH]2)c2cc(F)ccc2O)cc(-c2cnc(N3CCC(N)CC3)nc2C)c1. The Hall–Kier alpha value is -4.76. The van der Waals surface area contributed by atoms with Crippen molar-refractivity contribution in [3.05, 3.63) is 107 Å². The second-order valence-corrected chi connectivity index (χ2v) is 11.0. The number of para-hydroxylation sites is 1. The van der Waals surface area contributed by atoms with Crippen LogP contribution in [0, 0.1) is 19.7 Å². The van der Waals surface area contributed by atoms with E-state index in [1.54, 1.807) is 18.3 Å². The van der Waals surface area contributed by atoms with Gasteiger partial charge in [-0.3, -0.25) is 4.79 Å². The van der Waals surface area contributed by atoms with Gasteiger partial charge < -0.3 is 26.0 Å². The van der Waals surface area contributed by atoms with E-state index >= 15 is 0 Å². The summed E-state index contributed by atoms with van der Waals surface area (Å²) >= 11 is 0. The zero-order chi connectivity index (χ0) is 29.4. The summed E-state index contributed by atoms with van der Waals surface area (Å²) in [6.45, 7) is 5.52. The number of hydrogen-bond acceptors (Lipinski definition) is 6. The molecule has 5 aromatic rings. The zero-order valence-electron chi connectivity index (χ0n) is 23.6. The van der Waals surface area contributed by atoms with Gasteiger partial charge in [0.15, 0.2) is 0 Å². The number of amides is 1. The van der Waals surface area contributed by atoms with E-state index in [9.17, 15) is 14.3 Å². The lowest BCUT2D eigenvalue weighted by Gasteiger charge is -2.30. The Kier molecular flexibility index (Phi) is 7.34. The van der Waals surface area contributed by atoms with E-state index in [-0.39, 0.29) is 23.3 Å². The lowest BCUT2D eigenvalue weighted by atomic mass is 9.98. The smallest absolute Gasteiger partial charge is 0.252 e. The summed E-state index contributed by atoms with van der Waals surface area (Å²) in [6.07, 6.45) is 3.63. The molecule has 0 radical (unpaired) electrons. The number of hydrogen-bond donors (Lipinski definition) is 4. The number of halogens is 1. The molecule has 9 heteroatoms. The number of benzene rings is 3. The number of carbonyl (C=O) groups is 1. The van der Waals surface area contributed by atoms with Crippen LogP contribution in [-0.4, -0.2) is 45.1 Å². The number of fused-ring (bicyclic) bond motifs is 1. The minimum absolute atomic E-state index is 0.117. The van der Waals surface area contributed by atoms with Crippen molar-refractivity contribution in [3.8, 4) is 16.9 Å². The van der Waals surface area contributed by atoms with Crippen molar-refractivity contribution in [2.24, 2.45) is 5.73 Å².